The quantitative estimate of drug-likeness (QED) is 0.831. The van der Waals surface area contributed by atoms with Crippen LogP contribution in [0.15, 0.2) is 12.4 Å². The van der Waals surface area contributed by atoms with Crippen molar-refractivity contribution in [3.8, 4) is 0 Å². The van der Waals surface area contributed by atoms with Gasteiger partial charge in [0.2, 0.25) is 0 Å². The van der Waals surface area contributed by atoms with Crippen LogP contribution in [-0.2, 0) is 0 Å². The third kappa shape index (κ3) is 2.14. The van der Waals surface area contributed by atoms with Gasteiger partial charge in [-0.2, -0.15) is 0 Å². The molecule has 3 nitrogen and oxygen atoms in total. The highest BCUT2D eigenvalue weighted by molar-refractivity contribution is 4.99. The zero-order valence-electron chi connectivity index (χ0n) is 10.8. The summed E-state index contributed by atoms with van der Waals surface area (Å²) in [5.41, 5.74) is 0.453. The summed E-state index contributed by atoms with van der Waals surface area (Å²) in [5.74, 6) is 1.13. The Morgan fingerprint density at radius 3 is 2.81 bits per heavy atom. The van der Waals surface area contributed by atoms with Gasteiger partial charge in [0, 0.05) is 18.4 Å². The normalized spacial score (nSPS) is 29.2. The number of aromatic nitrogens is 2. The highest BCUT2D eigenvalue weighted by Crippen LogP contribution is 2.41. The van der Waals surface area contributed by atoms with Crippen LogP contribution in [0.25, 0.3) is 0 Å². The maximum absolute atomic E-state index is 4.34. The standard InChI is InChI=1S/C13H23N3/c1-10-15-7-8-16(10)12-9-13(2,3)6-5-11(12)14-4/h7-8,11-12,14H,5-6,9H2,1-4H3. The molecule has 2 unspecified atom stereocenters. The van der Waals surface area contributed by atoms with Crippen LogP contribution in [0.4, 0.5) is 0 Å². The third-order valence-electron chi connectivity index (χ3n) is 3.95. The van der Waals surface area contributed by atoms with Gasteiger partial charge in [-0.25, -0.2) is 4.98 Å². The van der Waals surface area contributed by atoms with Gasteiger partial charge in [-0.1, -0.05) is 13.8 Å². The van der Waals surface area contributed by atoms with Crippen molar-refractivity contribution >= 4 is 0 Å². The minimum absolute atomic E-state index is 0.453. The van der Waals surface area contributed by atoms with Crippen LogP contribution in [0.1, 0.15) is 45.0 Å². The van der Waals surface area contributed by atoms with E-state index in [1.807, 2.05) is 6.20 Å². The second-order valence-electron chi connectivity index (χ2n) is 5.75. The first-order valence-corrected chi connectivity index (χ1v) is 6.20. The number of rotatable bonds is 2. The van der Waals surface area contributed by atoms with E-state index in [2.05, 4.69) is 48.9 Å². The molecule has 1 saturated carbocycles. The van der Waals surface area contributed by atoms with Gasteiger partial charge >= 0.3 is 0 Å². The predicted molar refractivity (Wildman–Crippen MR) is 66.5 cm³/mol. The fourth-order valence-electron chi connectivity index (χ4n) is 2.92. The molecular formula is C13H23N3. The Morgan fingerprint density at radius 2 is 2.25 bits per heavy atom. The Morgan fingerprint density at radius 1 is 1.50 bits per heavy atom. The van der Waals surface area contributed by atoms with Crippen molar-refractivity contribution in [1.82, 2.24) is 14.9 Å². The average Bonchev–Trinajstić information content (AvgIpc) is 2.63. The molecule has 0 radical (unpaired) electrons. The average molecular weight is 221 g/mol. The molecule has 0 amide bonds. The first-order chi connectivity index (χ1) is 7.53. The highest BCUT2D eigenvalue weighted by Gasteiger charge is 2.35. The lowest BCUT2D eigenvalue weighted by Crippen LogP contribution is -2.42. The van der Waals surface area contributed by atoms with E-state index >= 15 is 0 Å². The first-order valence-electron chi connectivity index (χ1n) is 6.20. The van der Waals surface area contributed by atoms with E-state index in [0.29, 0.717) is 17.5 Å². The Hall–Kier alpha value is -0.830. The minimum Gasteiger partial charge on any atom is -0.331 e. The number of likely N-dealkylation sites (N-methyl/N-ethyl adjacent to an activating group) is 1. The Labute approximate surface area is 98.3 Å². The van der Waals surface area contributed by atoms with E-state index in [4.69, 9.17) is 0 Å². The Bertz CT molecular complexity index is 354. The molecule has 2 atom stereocenters. The largest absolute Gasteiger partial charge is 0.331 e. The molecule has 1 aromatic heterocycles. The number of hydrogen-bond donors (Lipinski definition) is 1. The summed E-state index contributed by atoms with van der Waals surface area (Å²) in [6.07, 6.45) is 7.82. The minimum atomic E-state index is 0.453. The third-order valence-corrected chi connectivity index (χ3v) is 3.95. The number of nitrogens with zero attached hydrogens (tertiary/aromatic N) is 2. The van der Waals surface area contributed by atoms with Crippen molar-refractivity contribution in [2.75, 3.05) is 7.05 Å². The van der Waals surface area contributed by atoms with Gasteiger partial charge < -0.3 is 9.88 Å². The van der Waals surface area contributed by atoms with Gasteiger partial charge in [-0.15, -0.1) is 0 Å². The van der Waals surface area contributed by atoms with Crippen LogP contribution in [0.5, 0.6) is 0 Å². The van der Waals surface area contributed by atoms with E-state index < -0.39 is 0 Å². The van der Waals surface area contributed by atoms with E-state index in [0.717, 1.165) is 5.82 Å². The van der Waals surface area contributed by atoms with E-state index in [1.165, 1.54) is 19.3 Å². The van der Waals surface area contributed by atoms with Crippen LogP contribution in [-0.4, -0.2) is 22.6 Å². The molecule has 1 fully saturated rings. The molecule has 0 aliphatic heterocycles. The second-order valence-corrected chi connectivity index (χ2v) is 5.75. The zero-order chi connectivity index (χ0) is 11.8. The fraction of sp³-hybridized carbons (Fsp3) is 0.769. The van der Waals surface area contributed by atoms with Gasteiger partial charge in [0.05, 0.1) is 6.04 Å². The molecule has 1 N–H and O–H groups in total. The van der Waals surface area contributed by atoms with E-state index in [-0.39, 0.29) is 0 Å². The van der Waals surface area contributed by atoms with E-state index in [1.54, 1.807) is 0 Å². The highest BCUT2D eigenvalue weighted by atomic mass is 15.1. The molecule has 1 aliphatic carbocycles. The van der Waals surface area contributed by atoms with Crippen LogP contribution >= 0.6 is 0 Å². The molecule has 0 spiro atoms. The Kier molecular flexibility index (Phi) is 3.06. The summed E-state index contributed by atoms with van der Waals surface area (Å²) in [7, 11) is 2.07. The van der Waals surface area contributed by atoms with E-state index in [9.17, 15) is 0 Å². The number of imidazole rings is 1. The lowest BCUT2D eigenvalue weighted by molar-refractivity contribution is 0.145. The molecule has 1 aliphatic rings. The zero-order valence-corrected chi connectivity index (χ0v) is 10.8. The maximum atomic E-state index is 4.34. The van der Waals surface area contributed by atoms with Crippen LogP contribution in [0.2, 0.25) is 0 Å². The van der Waals surface area contributed by atoms with Gasteiger partial charge in [-0.05, 0) is 38.6 Å². The molecule has 1 aromatic rings. The summed E-state index contributed by atoms with van der Waals surface area (Å²) in [4.78, 5) is 4.34. The van der Waals surface area contributed by atoms with Gasteiger partial charge in [-0.3, -0.25) is 0 Å². The second kappa shape index (κ2) is 4.21. The number of aryl methyl sites for hydroxylation is 1. The molecule has 2 rings (SSSR count). The Balaban J connectivity index is 2.25. The summed E-state index contributed by atoms with van der Waals surface area (Å²) >= 11 is 0. The molecule has 90 valence electrons. The monoisotopic (exact) mass is 221 g/mol. The molecule has 0 saturated heterocycles. The van der Waals surface area contributed by atoms with Gasteiger partial charge in [0.15, 0.2) is 0 Å². The van der Waals surface area contributed by atoms with Crippen LogP contribution in [0, 0.1) is 12.3 Å². The molecule has 0 aromatic carbocycles. The summed E-state index contributed by atoms with van der Waals surface area (Å²) in [6.45, 7) is 6.84. The molecule has 16 heavy (non-hydrogen) atoms. The fourth-order valence-corrected chi connectivity index (χ4v) is 2.92. The smallest absolute Gasteiger partial charge is 0.105 e. The van der Waals surface area contributed by atoms with Crippen molar-refractivity contribution in [2.45, 2.75) is 52.1 Å². The van der Waals surface area contributed by atoms with Gasteiger partial charge in [0.25, 0.3) is 0 Å². The van der Waals surface area contributed by atoms with Crippen LogP contribution < -0.4 is 5.32 Å². The summed E-state index contributed by atoms with van der Waals surface area (Å²) in [5, 5.41) is 3.46. The molecule has 3 heteroatoms. The van der Waals surface area contributed by atoms with Crippen molar-refractivity contribution < 1.29 is 0 Å². The van der Waals surface area contributed by atoms with Crippen LogP contribution in [0.3, 0.4) is 0 Å². The van der Waals surface area contributed by atoms with Gasteiger partial charge in [0.1, 0.15) is 5.82 Å². The number of nitrogens with one attached hydrogen (secondary N) is 1. The first kappa shape index (κ1) is 11.6. The summed E-state index contributed by atoms with van der Waals surface area (Å²) in [6, 6.07) is 1.14. The lowest BCUT2D eigenvalue weighted by atomic mass is 9.73. The number of hydrogen-bond acceptors (Lipinski definition) is 2. The molecular weight excluding hydrogens is 198 g/mol. The SMILES string of the molecule is CNC1CCC(C)(C)CC1n1ccnc1C. The summed E-state index contributed by atoms with van der Waals surface area (Å²) < 4.78 is 2.34. The lowest BCUT2D eigenvalue weighted by Gasteiger charge is -2.41. The maximum Gasteiger partial charge on any atom is 0.105 e. The van der Waals surface area contributed by atoms with Crippen molar-refractivity contribution in [3.63, 3.8) is 0 Å². The van der Waals surface area contributed by atoms with Crippen molar-refractivity contribution in [2.24, 2.45) is 5.41 Å². The van der Waals surface area contributed by atoms with Crippen molar-refractivity contribution in [1.29, 1.82) is 0 Å². The molecule has 0 bridgehead atoms. The topological polar surface area (TPSA) is 29.9 Å². The molecule has 1 heterocycles. The predicted octanol–water partition coefficient (Wildman–Crippen LogP) is 2.53. The van der Waals surface area contributed by atoms with Crippen molar-refractivity contribution in [3.05, 3.63) is 18.2 Å².